The summed E-state index contributed by atoms with van der Waals surface area (Å²) in [4.78, 5) is 8.01. The highest BCUT2D eigenvalue weighted by molar-refractivity contribution is 6.24. The zero-order valence-corrected chi connectivity index (χ0v) is 4.78. The Morgan fingerprint density at radius 2 is 2.00 bits per heavy atom. The molecule has 0 atom stereocenters. The molecule has 0 aliphatic heterocycles. The Bertz CT molecular complexity index is 9.61. The summed E-state index contributed by atoms with van der Waals surface area (Å²) < 4.78 is 0. The minimum atomic E-state index is -0.576. The van der Waals surface area contributed by atoms with E-state index in [9.17, 15) is 0 Å². The molecular formula is C2H10O2Si. The third-order valence-electron chi connectivity index (χ3n) is 0.224. The van der Waals surface area contributed by atoms with E-state index in [1.165, 1.54) is 0 Å². The first-order valence-electron chi connectivity index (χ1n) is 1.52. The first-order valence-corrected chi connectivity index (χ1v) is 3.16. The van der Waals surface area contributed by atoms with Gasteiger partial charge >= 0.3 is 0 Å². The Kier molecular flexibility index (Phi) is 15.9. The zero-order valence-electron chi connectivity index (χ0n) is 3.36. The van der Waals surface area contributed by atoms with Crippen molar-refractivity contribution in [3.63, 3.8) is 0 Å². The number of hydrogen-bond donors (Lipinski definition) is 1. The van der Waals surface area contributed by atoms with Crippen LogP contribution in [0.25, 0.3) is 0 Å². The van der Waals surface area contributed by atoms with Gasteiger partial charge in [-0.1, -0.05) is 6.92 Å². The van der Waals surface area contributed by atoms with E-state index in [0.29, 0.717) is 0 Å². The van der Waals surface area contributed by atoms with Gasteiger partial charge in [0.1, 0.15) is 0 Å². The van der Waals surface area contributed by atoms with E-state index in [1.54, 1.807) is 0 Å². The smallest absolute Gasteiger partial charge is 0.156 e. The first kappa shape index (κ1) is 8.93. The fourth-order valence-electron chi connectivity index (χ4n) is 0. The lowest BCUT2D eigenvalue weighted by Crippen LogP contribution is -1.75. The highest BCUT2D eigenvalue weighted by Crippen LogP contribution is 1.60. The lowest BCUT2D eigenvalue weighted by atomic mass is 11.0. The molecule has 0 radical (unpaired) electrons. The minimum absolute atomic E-state index is 0. The summed E-state index contributed by atoms with van der Waals surface area (Å²) in [6, 6.07) is 1.01. The van der Waals surface area contributed by atoms with Gasteiger partial charge in [0.05, 0.1) is 0 Å². The van der Waals surface area contributed by atoms with Crippen molar-refractivity contribution in [2.24, 2.45) is 0 Å². The standard InChI is InChI=1S/C2H8OSi.H2O/c1-2-4-3;/h3H,2,4H2,1H3;1H2. The summed E-state index contributed by atoms with van der Waals surface area (Å²) in [7, 11) is -0.576. The summed E-state index contributed by atoms with van der Waals surface area (Å²) in [5.74, 6) is 0. The molecule has 34 valence electrons. The van der Waals surface area contributed by atoms with Crippen LogP contribution in [0.15, 0.2) is 0 Å². The molecule has 0 bridgehead atoms. The van der Waals surface area contributed by atoms with Gasteiger partial charge < -0.3 is 10.3 Å². The van der Waals surface area contributed by atoms with Crippen molar-refractivity contribution in [1.29, 1.82) is 0 Å². The van der Waals surface area contributed by atoms with Gasteiger partial charge in [0.2, 0.25) is 0 Å². The van der Waals surface area contributed by atoms with Crippen LogP contribution in [0.2, 0.25) is 6.04 Å². The third kappa shape index (κ3) is 14.6. The van der Waals surface area contributed by atoms with Crippen molar-refractivity contribution in [3.05, 3.63) is 0 Å². The molecule has 0 aliphatic rings. The van der Waals surface area contributed by atoms with E-state index in [2.05, 4.69) is 0 Å². The molecule has 0 amide bonds. The van der Waals surface area contributed by atoms with Gasteiger partial charge in [0, 0.05) is 0 Å². The van der Waals surface area contributed by atoms with Gasteiger partial charge in [-0.3, -0.25) is 0 Å². The molecule has 0 saturated heterocycles. The molecule has 0 aromatic carbocycles. The summed E-state index contributed by atoms with van der Waals surface area (Å²) >= 11 is 0. The monoisotopic (exact) mass is 94.0 g/mol. The lowest BCUT2D eigenvalue weighted by molar-refractivity contribution is 0.602. The topological polar surface area (TPSA) is 51.7 Å². The fourth-order valence-corrected chi connectivity index (χ4v) is 0. The van der Waals surface area contributed by atoms with E-state index in [-0.39, 0.29) is 5.48 Å². The van der Waals surface area contributed by atoms with E-state index < -0.39 is 9.76 Å². The van der Waals surface area contributed by atoms with Crippen LogP contribution < -0.4 is 0 Å². The number of hydrogen-bond acceptors (Lipinski definition) is 1. The Balaban J connectivity index is 0. The van der Waals surface area contributed by atoms with Gasteiger partial charge in [-0.2, -0.15) is 0 Å². The predicted octanol–water partition coefficient (Wildman–Crippen LogP) is -1.32. The summed E-state index contributed by atoms with van der Waals surface area (Å²) in [6.45, 7) is 1.99. The van der Waals surface area contributed by atoms with Crippen LogP contribution >= 0.6 is 0 Å². The minimum Gasteiger partial charge on any atom is -0.438 e. The van der Waals surface area contributed by atoms with Crippen molar-refractivity contribution in [2.75, 3.05) is 0 Å². The van der Waals surface area contributed by atoms with Gasteiger partial charge in [-0.15, -0.1) is 0 Å². The molecule has 0 unspecified atom stereocenters. The molecule has 3 heteroatoms. The second-order valence-corrected chi connectivity index (χ2v) is 2.17. The van der Waals surface area contributed by atoms with Crippen LogP contribution in [0, 0.1) is 0 Å². The van der Waals surface area contributed by atoms with Crippen LogP contribution in [0.3, 0.4) is 0 Å². The molecule has 0 fully saturated rings. The molecule has 0 rings (SSSR count). The largest absolute Gasteiger partial charge is 0.438 e. The molecule has 0 aromatic rings. The maximum absolute atomic E-state index is 8.01. The molecule has 0 heterocycles. The van der Waals surface area contributed by atoms with Crippen molar-refractivity contribution in [2.45, 2.75) is 13.0 Å². The SMILES string of the molecule is CC[SiH2]O.O. The second kappa shape index (κ2) is 8.91. The van der Waals surface area contributed by atoms with Crippen LogP contribution in [-0.4, -0.2) is 20.0 Å². The highest BCUT2D eigenvalue weighted by atomic mass is 28.2. The van der Waals surface area contributed by atoms with Crippen molar-refractivity contribution in [1.82, 2.24) is 0 Å². The zero-order chi connectivity index (χ0) is 3.41. The van der Waals surface area contributed by atoms with Crippen molar-refractivity contribution >= 4 is 9.76 Å². The Morgan fingerprint density at radius 3 is 2.00 bits per heavy atom. The third-order valence-corrected chi connectivity index (χ3v) is 0.671. The van der Waals surface area contributed by atoms with Gasteiger partial charge in [0.25, 0.3) is 0 Å². The number of rotatable bonds is 1. The molecule has 3 N–H and O–H groups in total. The maximum Gasteiger partial charge on any atom is 0.156 e. The molecule has 2 nitrogen and oxygen atoms in total. The van der Waals surface area contributed by atoms with Crippen molar-refractivity contribution < 1.29 is 10.3 Å². The predicted molar refractivity (Wildman–Crippen MR) is 24.9 cm³/mol. The van der Waals surface area contributed by atoms with Gasteiger partial charge in [-0.05, 0) is 6.04 Å². The van der Waals surface area contributed by atoms with Crippen LogP contribution in [0.4, 0.5) is 0 Å². The molecule has 0 aromatic heterocycles. The van der Waals surface area contributed by atoms with Gasteiger partial charge in [-0.25, -0.2) is 0 Å². The normalized spacial score (nSPS) is 8.40. The summed E-state index contributed by atoms with van der Waals surface area (Å²) in [6.07, 6.45) is 0. The molecule has 5 heavy (non-hydrogen) atoms. The Hall–Kier alpha value is 0.137. The van der Waals surface area contributed by atoms with E-state index in [4.69, 9.17) is 4.80 Å². The van der Waals surface area contributed by atoms with Gasteiger partial charge in [0.15, 0.2) is 9.76 Å². The average molecular weight is 94.2 g/mol. The van der Waals surface area contributed by atoms with Crippen molar-refractivity contribution in [3.8, 4) is 0 Å². The Labute approximate surface area is 34.1 Å². The molecule has 0 aliphatic carbocycles. The molecule has 0 saturated carbocycles. The lowest BCUT2D eigenvalue weighted by Gasteiger charge is -1.66. The Morgan fingerprint density at radius 1 is 1.80 bits per heavy atom. The fraction of sp³-hybridized carbons (Fsp3) is 1.00. The summed E-state index contributed by atoms with van der Waals surface area (Å²) in [5, 5.41) is 0. The highest BCUT2D eigenvalue weighted by Gasteiger charge is 1.60. The van der Waals surface area contributed by atoms with E-state index in [0.717, 1.165) is 6.04 Å². The molecular weight excluding hydrogens is 84.1 g/mol. The quantitative estimate of drug-likeness (QED) is 0.402. The van der Waals surface area contributed by atoms with E-state index >= 15 is 0 Å². The van der Waals surface area contributed by atoms with Crippen LogP contribution in [0.5, 0.6) is 0 Å². The van der Waals surface area contributed by atoms with Crippen LogP contribution in [-0.2, 0) is 0 Å². The molecule has 0 spiro atoms. The second-order valence-electron chi connectivity index (χ2n) is 0.724. The average Bonchev–Trinajstić information content (AvgIpc) is 1.37. The maximum atomic E-state index is 8.01. The summed E-state index contributed by atoms with van der Waals surface area (Å²) in [5.41, 5.74) is 0. The van der Waals surface area contributed by atoms with E-state index in [1.807, 2.05) is 6.92 Å². The first-order chi connectivity index (χ1) is 1.91. The van der Waals surface area contributed by atoms with Crippen LogP contribution in [0.1, 0.15) is 6.92 Å².